The van der Waals surface area contributed by atoms with Gasteiger partial charge in [0.2, 0.25) is 0 Å². The van der Waals surface area contributed by atoms with Crippen LogP contribution < -0.4 is 5.73 Å². The Morgan fingerprint density at radius 2 is 2.24 bits per heavy atom. The number of esters is 1. The normalized spacial score (nSPS) is 14.1. The van der Waals surface area contributed by atoms with Crippen LogP contribution in [0.5, 0.6) is 0 Å². The highest BCUT2D eigenvalue weighted by atomic mass is 16.5. The van der Waals surface area contributed by atoms with E-state index in [1.54, 1.807) is 6.07 Å². The number of aromatic nitrogens is 1. The van der Waals surface area contributed by atoms with Crippen LogP contribution in [0.1, 0.15) is 28.7 Å². The summed E-state index contributed by atoms with van der Waals surface area (Å²) in [6, 6.07) is 4.56. The molecule has 6 heteroatoms. The first-order valence-electron chi connectivity index (χ1n) is 5.21. The molecule has 17 heavy (non-hydrogen) atoms. The molecule has 1 aromatic rings. The van der Waals surface area contributed by atoms with E-state index < -0.39 is 18.2 Å². The number of carbonyl (C=O) groups excluding carboxylic acids is 1. The second-order valence-electron chi connectivity index (χ2n) is 3.53. The van der Waals surface area contributed by atoms with E-state index in [1.807, 2.05) is 0 Å². The van der Waals surface area contributed by atoms with Crippen molar-refractivity contribution < 1.29 is 19.7 Å². The van der Waals surface area contributed by atoms with E-state index in [2.05, 4.69) is 9.72 Å². The maximum atomic E-state index is 11.2. The minimum Gasteiger partial charge on any atom is -0.464 e. The Kier molecular flexibility index (Phi) is 5.02. The first-order valence-corrected chi connectivity index (χ1v) is 5.21. The lowest BCUT2D eigenvalue weighted by Crippen LogP contribution is -2.23. The fourth-order valence-electron chi connectivity index (χ4n) is 1.36. The Bertz CT molecular complexity index is 383. The van der Waals surface area contributed by atoms with E-state index in [1.165, 1.54) is 19.2 Å². The quantitative estimate of drug-likeness (QED) is 0.605. The zero-order chi connectivity index (χ0) is 12.8. The van der Waals surface area contributed by atoms with Gasteiger partial charge in [-0.1, -0.05) is 6.07 Å². The lowest BCUT2D eigenvalue weighted by Gasteiger charge is -2.16. The third kappa shape index (κ3) is 3.48. The number of carbonyl (C=O) groups is 1. The number of hydrogen-bond acceptors (Lipinski definition) is 6. The van der Waals surface area contributed by atoms with Crippen molar-refractivity contribution in [2.75, 3.05) is 13.7 Å². The van der Waals surface area contributed by atoms with Crippen molar-refractivity contribution in [1.29, 1.82) is 0 Å². The van der Waals surface area contributed by atoms with Gasteiger partial charge in [-0.05, 0) is 25.1 Å². The molecule has 0 saturated carbocycles. The summed E-state index contributed by atoms with van der Waals surface area (Å²) in [5, 5.41) is 19.4. The predicted molar refractivity (Wildman–Crippen MR) is 60.2 cm³/mol. The summed E-state index contributed by atoms with van der Waals surface area (Å²) >= 11 is 0. The highest BCUT2D eigenvalue weighted by molar-refractivity contribution is 5.87. The van der Waals surface area contributed by atoms with E-state index in [-0.39, 0.29) is 24.4 Å². The third-order valence-electron chi connectivity index (χ3n) is 2.30. The van der Waals surface area contributed by atoms with Gasteiger partial charge < -0.3 is 20.7 Å². The molecule has 6 nitrogen and oxygen atoms in total. The Morgan fingerprint density at radius 3 is 2.82 bits per heavy atom. The standard InChI is InChI=1S/C11H16N2O4/c1-17-11(16)8-4-2-3-7(13-8)10(15)9(14)5-6-12/h2-4,9-10,14-15H,5-6,12H2,1H3. The Labute approximate surface area is 99.0 Å². The Hall–Kier alpha value is -1.50. The van der Waals surface area contributed by atoms with Crippen molar-refractivity contribution in [2.24, 2.45) is 5.73 Å². The predicted octanol–water partition coefficient (Wildman–Crippen LogP) is -0.389. The maximum absolute atomic E-state index is 11.2. The number of nitrogens with zero attached hydrogens (tertiary/aromatic N) is 1. The number of rotatable bonds is 5. The molecule has 0 aliphatic rings. The van der Waals surface area contributed by atoms with Crippen molar-refractivity contribution in [3.8, 4) is 0 Å². The minimum absolute atomic E-state index is 0.0870. The fraction of sp³-hybridized carbons (Fsp3) is 0.455. The van der Waals surface area contributed by atoms with Gasteiger partial charge >= 0.3 is 5.97 Å². The smallest absolute Gasteiger partial charge is 0.356 e. The van der Waals surface area contributed by atoms with Crippen LogP contribution in [0.4, 0.5) is 0 Å². The molecule has 2 atom stereocenters. The van der Waals surface area contributed by atoms with Gasteiger partial charge in [0, 0.05) is 0 Å². The van der Waals surface area contributed by atoms with E-state index in [0.717, 1.165) is 0 Å². The van der Waals surface area contributed by atoms with Gasteiger partial charge in [-0.3, -0.25) is 0 Å². The van der Waals surface area contributed by atoms with Crippen LogP contribution in [0, 0.1) is 0 Å². The number of aliphatic hydroxyl groups is 2. The summed E-state index contributed by atoms with van der Waals surface area (Å²) < 4.78 is 4.51. The van der Waals surface area contributed by atoms with E-state index in [0.29, 0.717) is 0 Å². The van der Waals surface area contributed by atoms with Crippen LogP contribution in [0.15, 0.2) is 18.2 Å². The van der Waals surface area contributed by atoms with E-state index in [4.69, 9.17) is 5.73 Å². The van der Waals surface area contributed by atoms with Gasteiger partial charge in [-0.2, -0.15) is 0 Å². The molecule has 0 fully saturated rings. The summed E-state index contributed by atoms with van der Waals surface area (Å²) in [5.74, 6) is -0.590. The molecule has 0 bridgehead atoms. The lowest BCUT2D eigenvalue weighted by atomic mass is 10.1. The molecule has 4 N–H and O–H groups in total. The highest BCUT2D eigenvalue weighted by Crippen LogP contribution is 2.17. The van der Waals surface area contributed by atoms with E-state index >= 15 is 0 Å². The zero-order valence-electron chi connectivity index (χ0n) is 9.54. The second-order valence-corrected chi connectivity index (χ2v) is 3.53. The molecular weight excluding hydrogens is 224 g/mol. The molecule has 0 spiro atoms. The van der Waals surface area contributed by atoms with Crippen LogP contribution >= 0.6 is 0 Å². The summed E-state index contributed by atoms with van der Waals surface area (Å²) in [6.45, 7) is 0.259. The van der Waals surface area contributed by atoms with E-state index in [9.17, 15) is 15.0 Å². The molecule has 94 valence electrons. The van der Waals surface area contributed by atoms with Gasteiger partial charge in [0.25, 0.3) is 0 Å². The van der Waals surface area contributed by atoms with Gasteiger partial charge in [-0.25, -0.2) is 9.78 Å². The van der Waals surface area contributed by atoms with Crippen molar-refractivity contribution in [2.45, 2.75) is 18.6 Å². The summed E-state index contributed by atoms with van der Waals surface area (Å²) in [5.41, 5.74) is 5.58. The average Bonchev–Trinajstić information content (AvgIpc) is 2.37. The number of ether oxygens (including phenoxy) is 1. The van der Waals surface area contributed by atoms with Crippen molar-refractivity contribution in [3.63, 3.8) is 0 Å². The van der Waals surface area contributed by atoms with Crippen LogP contribution in [0.2, 0.25) is 0 Å². The first-order chi connectivity index (χ1) is 8.10. The molecule has 0 saturated heterocycles. The first kappa shape index (κ1) is 13.6. The van der Waals surface area contributed by atoms with Crippen molar-refractivity contribution in [3.05, 3.63) is 29.6 Å². The Balaban J connectivity index is 2.87. The second kappa shape index (κ2) is 6.29. The van der Waals surface area contributed by atoms with Gasteiger partial charge in [0.1, 0.15) is 11.8 Å². The summed E-state index contributed by atoms with van der Waals surface area (Å²) in [4.78, 5) is 15.2. The van der Waals surface area contributed by atoms with Crippen LogP contribution in [0.3, 0.4) is 0 Å². The third-order valence-corrected chi connectivity index (χ3v) is 2.30. The number of hydrogen-bond donors (Lipinski definition) is 3. The van der Waals surface area contributed by atoms with Crippen molar-refractivity contribution >= 4 is 5.97 Å². The molecule has 1 heterocycles. The molecule has 0 aromatic carbocycles. The van der Waals surface area contributed by atoms with Crippen LogP contribution in [-0.4, -0.2) is 40.9 Å². The number of nitrogens with two attached hydrogens (primary N) is 1. The van der Waals surface area contributed by atoms with Gasteiger partial charge in [-0.15, -0.1) is 0 Å². The Morgan fingerprint density at radius 1 is 1.53 bits per heavy atom. The van der Waals surface area contributed by atoms with Crippen molar-refractivity contribution in [1.82, 2.24) is 4.98 Å². The molecule has 1 aromatic heterocycles. The average molecular weight is 240 g/mol. The minimum atomic E-state index is -1.16. The van der Waals surface area contributed by atoms with Crippen LogP contribution in [0.25, 0.3) is 0 Å². The molecule has 0 radical (unpaired) electrons. The summed E-state index contributed by atoms with van der Waals surface area (Å²) in [7, 11) is 1.25. The fourth-order valence-corrected chi connectivity index (χ4v) is 1.36. The largest absolute Gasteiger partial charge is 0.464 e. The monoisotopic (exact) mass is 240 g/mol. The molecular formula is C11H16N2O4. The number of aliphatic hydroxyl groups excluding tert-OH is 2. The van der Waals surface area contributed by atoms with Crippen LogP contribution in [-0.2, 0) is 4.74 Å². The van der Waals surface area contributed by atoms with Gasteiger partial charge in [0.15, 0.2) is 0 Å². The number of pyridine rings is 1. The lowest BCUT2D eigenvalue weighted by molar-refractivity contribution is 0.0122. The topological polar surface area (TPSA) is 106 Å². The molecule has 0 aliphatic heterocycles. The van der Waals surface area contributed by atoms with Gasteiger partial charge in [0.05, 0.1) is 18.9 Å². The molecule has 2 unspecified atom stereocenters. The molecule has 1 rings (SSSR count). The highest BCUT2D eigenvalue weighted by Gasteiger charge is 2.20. The summed E-state index contributed by atoms with van der Waals surface area (Å²) in [6.07, 6.45) is -1.91. The maximum Gasteiger partial charge on any atom is 0.356 e. The molecule has 0 aliphatic carbocycles. The molecule has 0 amide bonds. The SMILES string of the molecule is COC(=O)c1cccc(C(O)C(O)CCN)n1. The number of methoxy groups -OCH3 is 1. The zero-order valence-corrected chi connectivity index (χ0v) is 9.54.